The molecule has 1 amide bonds. The summed E-state index contributed by atoms with van der Waals surface area (Å²) in [6.45, 7) is 3.55. The SMILES string of the molecule is CCC(C(=O)O)N(CC(N)=O)C1CCNCC1. The Kier molecular flexibility index (Phi) is 5.37. The molecule has 0 aromatic rings. The molecule has 1 saturated heterocycles. The minimum absolute atomic E-state index is 0.0233. The van der Waals surface area contributed by atoms with Crippen LogP contribution in [-0.2, 0) is 9.59 Å². The number of carbonyl (C=O) groups excluding carboxylic acids is 1. The Morgan fingerprint density at radius 3 is 2.47 bits per heavy atom. The number of piperidine rings is 1. The van der Waals surface area contributed by atoms with E-state index >= 15 is 0 Å². The first kappa shape index (κ1) is 13.9. The molecule has 1 unspecified atom stereocenters. The van der Waals surface area contributed by atoms with Crippen molar-refractivity contribution in [1.82, 2.24) is 10.2 Å². The summed E-state index contributed by atoms with van der Waals surface area (Å²) in [5, 5.41) is 12.4. The number of rotatable bonds is 6. The minimum Gasteiger partial charge on any atom is -0.480 e. The third-order valence-corrected chi connectivity index (χ3v) is 3.19. The van der Waals surface area contributed by atoms with Crippen LogP contribution >= 0.6 is 0 Å². The number of primary amides is 1. The number of nitrogens with two attached hydrogens (primary N) is 1. The molecule has 0 bridgehead atoms. The van der Waals surface area contributed by atoms with Gasteiger partial charge < -0.3 is 16.2 Å². The number of carboxylic acid groups (broad SMARTS) is 1. The van der Waals surface area contributed by atoms with E-state index in [-0.39, 0.29) is 12.6 Å². The molecular weight excluding hydrogens is 222 g/mol. The number of hydrogen-bond donors (Lipinski definition) is 3. The summed E-state index contributed by atoms with van der Waals surface area (Å²) in [7, 11) is 0. The van der Waals surface area contributed by atoms with Crippen LogP contribution in [0.15, 0.2) is 0 Å². The van der Waals surface area contributed by atoms with E-state index in [1.54, 1.807) is 4.90 Å². The van der Waals surface area contributed by atoms with Gasteiger partial charge in [-0.1, -0.05) is 6.92 Å². The van der Waals surface area contributed by atoms with Crippen molar-refractivity contribution in [1.29, 1.82) is 0 Å². The van der Waals surface area contributed by atoms with Crippen molar-refractivity contribution in [3.63, 3.8) is 0 Å². The van der Waals surface area contributed by atoms with Crippen LogP contribution in [0.2, 0.25) is 0 Å². The maximum atomic E-state index is 11.2. The molecule has 98 valence electrons. The maximum absolute atomic E-state index is 11.2. The van der Waals surface area contributed by atoms with Crippen LogP contribution < -0.4 is 11.1 Å². The van der Waals surface area contributed by atoms with Crippen LogP contribution in [0.5, 0.6) is 0 Å². The lowest BCUT2D eigenvalue weighted by molar-refractivity contribution is -0.145. The van der Waals surface area contributed by atoms with Crippen LogP contribution in [-0.4, -0.2) is 53.6 Å². The number of aliphatic carboxylic acids is 1. The molecule has 17 heavy (non-hydrogen) atoms. The predicted octanol–water partition coefficient (Wildman–Crippen LogP) is -0.611. The van der Waals surface area contributed by atoms with Crippen LogP contribution in [0, 0.1) is 0 Å². The normalized spacial score (nSPS) is 19.2. The third-order valence-electron chi connectivity index (χ3n) is 3.19. The van der Waals surface area contributed by atoms with Gasteiger partial charge in [-0.15, -0.1) is 0 Å². The van der Waals surface area contributed by atoms with Crippen LogP contribution in [0.4, 0.5) is 0 Å². The molecule has 1 rings (SSSR count). The lowest BCUT2D eigenvalue weighted by Gasteiger charge is -2.37. The zero-order chi connectivity index (χ0) is 12.8. The van der Waals surface area contributed by atoms with E-state index in [0.29, 0.717) is 6.42 Å². The Morgan fingerprint density at radius 2 is 2.06 bits per heavy atom. The Morgan fingerprint density at radius 1 is 1.47 bits per heavy atom. The second-order valence-electron chi connectivity index (χ2n) is 4.38. The summed E-state index contributed by atoms with van der Waals surface area (Å²) in [6.07, 6.45) is 2.20. The van der Waals surface area contributed by atoms with Crippen molar-refractivity contribution >= 4 is 11.9 Å². The van der Waals surface area contributed by atoms with E-state index in [0.717, 1.165) is 25.9 Å². The van der Waals surface area contributed by atoms with Crippen molar-refractivity contribution in [2.75, 3.05) is 19.6 Å². The zero-order valence-electron chi connectivity index (χ0n) is 10.2. The van der Waals surface area contributed by atoms with Crippen LogP contribution in [0.3, 0.4) is 0 Å². The number of nitrogens with zero attached hydrogens (tertiary/aromatic N) is 1. The van der Waals surface area contributed by atoms with Gasteiger partial charge in [0.15, 0.2) is 0 Å². The van der Waals surface area contributed by atoms with Gasteiger partial charge in [0, 0.05) is 6.04 Å². The predicted molar refractivity (Wildman–Crippen MR) is 63.5 cm³/mol. The number of carbonyl (C=O) groups is 2. The van der Waals surface area contributed by atoms with E-state index in [9.17, 15) is 14.7 Å². The molecule has 0 spiro atoms. The van der Waals surface area contributed by atoms with E-state index in [2.05, 4.69) is 5.32 Å². The van der Waals surface area contributed by atoms with Gasteiger partial charge in [-0.05, 0) is 32.4 Å². The summed E-state index contributed by atoms with van der Waals surface area (Å²) in [6, 6.07) is -0.490. The standard InChI is InChI=1S/C11H21N3O3/c1-2-9(11(16)17)14(7-10(12)15)8-3-5-13-6-4-8/h8-9,13H,2-7H2,1H3,(H2,12,15)(H,16,17). The number of carboxylic acids is 1. The fourth-order valence-electron chi connectivity index (χ4n) is 2.36. The summed E-state index contributed by atoms with van der Waals surface area (Å²) >= 11 is 0. The Bertz CT molecular complexity index is 277. The van der Waals surface area contributed by atoms with Gasteiger partial charge in [-0.25, -0.2) is 0 Å². The average Bonchev–Trinajstić information content (AvgIpc) is 2.29. The van der Waals surface area contributed by atoms with Crippen LogP contribution in [0.25, 0.3) is 0 Å². The fourth-order valence-corrected chi connectivity index (χ4v) is 2.36. The summed E-state index contributed by atoms with van der Waals surface area (Å²) < 4.78 is 0. The van der Waals surface area contributed by atoms with E-state index in [1.165, 1.54) is 0 Å². The van der Waals surface area contributed by atoms with Gasteiger partial charge >= 0.3 is 5.97 Å². The lowest BCUT2D eigenvalue weighted by Crippen LogP contribution is -2.53. The lowest BCUT2D eigenvalue weighted by atomic mass is 10.0. The van der Waals surface area contributed by atoms with Gasteiger partial charge in [0.25, 0.3) is 0 Å². The highest BCUT2D eigenvalue weighted by molar-refractivity contribution is 5.78. The first-order chi connectivity index (χ1) is 8.06. The number of amides is 1. The maximum Gasteiger partial charge on any atom is 0.320 e. The van der Waals surface area contributed by atoms with E-state index in [1.807, 2.05) is 6.92 Å². The molecule has 0 aromatic heterocycles. The Balaban J connectivity index is 2.76. The highest BCUT2D eigenvalue weighted by Crippen LogP contribution is 2.17. The topological polar surface area (TPSA) is 95.7 Å². The monoisotopic (exact) mass is 243 g/mol. The molecule has 6 nitrogen and oxygen atoms in total. The number of hydrogen-bond acceptors (Lipinski definition) is 4. The molecule has 1 heterocycles. The second kappa shape index (κ2) is 6.56. The molecule has 0 aromatic carbocycles. The average molecular weight is 243 g/mol. The van der Waals surface area contributed by atoms with Crippen molar-refractivity contribution in [3.8, 4) is 0 Å². The molecule has 0 aliphatic carbocycles. The highest BCUT2D eigenvalue weighted by atomic mass is 16.4. The van der Waals surface area contributed by atoms with Crippen molar-refractivity contribution in [2.45, 2.75) is 38.3 Å². The van der Waals surface area contributed by atoms with Crippen molar-refractivity contribution in [2.24, 2.45) is 5.73 Å². The molecule has 0 saturated carbocycles. The minimum atomic E-state index is -0.882. The summed E-state index contributed by atoms with van der Waals surface area (Å²) in [4.78, 5) is 24.0. The van der Waals surface area contributed by atoms with E-state index in [4.69, 9.17) is 5.73 Å². The third kappa shape index (κ3) is 3.98. The van der Waals surface area contributed by atoms with Gasteiger partial charge in [0.1, 0.15) is 6.04 Å². The smallest absolute Gasteiger partial charge is 0.320 e. The van der Waals surface area contributed by atoms with Gasteiger partial charge in [-0.2, -0.15) is 0 Å². The molecule has 0 radical (unpaired) electrons. The molecular formula is C11H21N3O3. The molecule has 6 heteroatoms. The van der Waals surface area contributed by atoms with Crippen LogP contribution in [0.1, 0.15) is 26.2 Å². The Hall–Kier alpha value is -1.14. The van der Waals surface area contributed by atoms with Crippen molar-refractivity contribution in [3.05, 3.63) is 0 Å². The van der Waals surface area contributed by atoms with Gasteiger partial charge in [0.05, 0.1) is 6.54 Å². The molecule has 4 N–H and O–H groups in total. The zero-order valence-corrected chi connectivity index (χ0v) is 10.2. The highest BCUT2D eigenvalue weighted by Gasteiger charge is 2.31. The van der Waals surface area contributed by atoms with Gasteiger partial charge in [0.2, 0.25) is 5.91 Å². The molecule has 1 fully saturated rings. The Labute approximate surface area is 101 Å². The molecule has 1 aliphatic rings. The van der Waals surface area contributed by atoms with E-state index < -0.39 is 17.9 Å². The summed E-state index contributed by atoms with van der Waals surface area (Å²) in [5.74, 6) is -1.35. The fraction of sp³-hybridized carbons (Fsp3) is 0.818. The summed E-state index contributed by atoms with van der Waals surface area (Å²) in [5.41, 5.74) is 5.20. The molecule has 1 aliphatic heterocycles. The first-order valence-corrected chi connectivity index (χ1v) is 6.03. The largest absolute Gasteiger partial charge is 0.480 e. The first-order valence-electron chi connectivity index (χ1n) is 6.03. The molecule has 1 atom stereocenters. The van der Waals surface area contributed by atoms with Crippen molar-refractivity contribution < 1.29 is 14.7 Å². The quantitative estimate of drug-likeness (QED) is 0.578. The second-order valence-corrected chi connectivity index (χ2v) is 4.38. The number of nitrogens with one attached hydrogen (secondary N) is 1. The van der Waals surface area contributed by atoms with Gasteiger partial charge in [-0.3, -0.25) is 14.5 Å².